The van der Waals surface area contributed by atoms with Gasteiger partial charge in [0.05, 0.1) is 11.7 Å². The van der Waals surface area contributed by atoms with Crippen LogP contribution in [0.5, 0.6) is 0 Å². The number of hydrogen-bond donors (Lipinski definition) is 3. The topological polar surface area (TPSA) is 152 Å². The maximum absolute atomic E-state index is 12.8. The highest BCUT2D eigenvalue weighted by atomic mass is 16.7. The Bertz CT molecular complexity index is 984. The zero-order valence-electron chi connectivity index (χ0n) is 20.1. The van der Waals surface area contributed by atoms with E-state index in [0.717, 1.165) is 0 Å². The molecule has 10 atom stereocenters. The first-order valence-corrected chi connectivity index (χ1v) is 11.3. The molecule has 34 heavy (non-hydrogen) atoms. The molecular formula is C24H32O10. The van der Waals surface area contributed by atoms with Crippen molar-refractivity contribution in [2.75, 3.05) is 0 Å². The van der Waals surface area contributed by atoms with Crippen molar-refractivity contribution < 1.29 is 48.7 Å². The van der Waals surface area contributed by atoms with E-state index in [-0.39, 0.29) is 6.42 Å². The van der Waals surface area contributed by atoms with Gasteiger partial charge in [0.15, 0.2) is 17.3 Å². The van der Waals surface area contributed by atoms with Gasteiger partial charge in [0, 0.05) is 31.6 Å². The van der Waals surface area contributed by atoms with Crippen molar-refractivity contribution in [2.24, 2.45) is 11.3 Å². The first kappa shape index (κ1) is 24.8. The normalized spacial score (nSPS) is 51.1. The molecule has 2 saturated heterocycles. The van der Waals surface area contributed by atoms with Crippen LogP contribution >= 0.6 is 0 Å². The van der Waals surface area contributed by atoms with E-state index in [9.17, 15) is 29.7 Å². The van der Waals surface area contributed by atoms with Gasteiger partial charge >= 0.3 is 17.9 Å². The van der Waals surface area contributed by atoms with Crippen molar-refractivity contribution in [2.45, 2.75) is 95.3 Å². The quantitative estimate of drug-likeness (QED) is 0.218. The number of esters is 3. The van der Waals surface area contributed by atoms with E-state index in [1.165, 1.54) is 39.8 Å². The van der Waals surface area contributed by atoms with Crippen LogP contribution in [0.3, 0.4) is 0 Å². The standard InChI is InChI=1S/C24H32O10/c1-11-9-17-24(23(6,34-24)20(29)33-17)19(32-13(3)26)18-21(4,8-7-15(28)22(18,5)30)16(10-14(11)27)31-12(2)25/h7-9,14-19,27-28,30H,10H2,1-6H3/b11-9-/t14-,15-,16+,17+,18-,19+,21-,22+,23+,24+/m1/s1. The number of carbonyl (C=O) groups is 3. The SMILES string of the molecule is CC(=O)O[C@H]1C[C@@H](O)/C(C)=C\[C@@H]2OC(=O)[C@]3(C)O[C@]23[C@@H](OC(C)=O)[C@H]2[C@@](C)(O)[C@H](O)C=C[C@]12C. The van der Waals surface area contributed by atoms with E-state index >= 15 is 0 Å². The highest BCUT2D eigenvalue weighted by Gasteiger charge is 2.87. The number of ether oxygens (including phenoxy) is 4. The fourth-order valence-electron chi connectivity index (χ4n) is 6.11. The van der Waals surface area contributed by atoms with E-state index in [1.54, 1.807) is 19.9 Å². The van der Waals surface area contributed by atoms with Gasteiger partial charge in [-0.05, 0) is 32.4 Å². The molecule has 1 spiro atoms. The maximum Gasteiger partial charge on any atom is 0.342 e. The van der Waals surface area contributed by atoms with Gasteiger partial charge in [-0.25, -0.2) is 4.79 Å². The Morgan fingerprint density at radius 2 is 1.74 bits per heavy atom. The van der Waals surface area contributed by atoms with Crippen molar-refractivity contribution in [3.63, 3.8) is 0 Å². The Labute approximate surface area is 197 Å². The molecule has 0 unspecified atom stereocenters. The van der Waals surface area contributed by atoms with E-state index in [2.05, 4.69) is 0 Å². The first-order valence-electron chi connectivity index (χ1n) is 11.3. The largest absolute Gasteiger partial charge is 0.462 e. The molecule has 3 N–H and O–H groups in total. The Hall–Kier alpha value is -2.27. The van der Waals surface area contributed by atoms with Crippen LogP contribution < -0.4 is 0 Å². The van der Waals surface area contributed by atoms with Crippen LogP contribution in [0.15, 0.2) is 23.8 Å². The van der Waals surface area contributed by atoms with E-state index in [4.69, 9.17) is 18.9 Å². The Balaban J connectivity index is 2.02. The van der Waals surface area contributed by atoms with Crippen LogP contribution in [0.1, 0.15) is 48.0 Å². The molecule has 0 aromatic rings. The maximum atomic E-state index is 12.8. The van der Waals surface area contributed by atoms with Crippen LogP contribution in [0.25, 0.3) is 0 Å². The van der Waals surface area contributed by atoms with Crippen molar-refractivity contribution in [3.8, 4) is 0 Å². The molecule has 0 aromatic carbocycles. The molecule has 2 aliphatic carbocycles. The average Bonchev–Trinajstić information content (AvgIpc) is 3.30. The van der Waals surface area contributed by atoms with E-state index in [1.807, 2.05) is 0 Å². The molecule has 2 fully saturated rings. The third kappa shape index (κ3) is 3.26. The summed E-state index contributed by atoms with van der Waals surface area (Å²) in [5.41, 5.74) is -5.74. The molecular weight excluding hydrogens is 448 g/mol. The summed E-state index contributed by atoms with van der Waals surface area (Å²) in [6, 6.07) is 0. The summed E-state index contributed by atoms with van der Waals surface area (Å²) >= 11 is 0. The fraction of sp³-hybridized carbons (Fsp3) is 0.708. The van der Waals surface area contributed by atoms with Gasteiger partial charge in [0.2, 0.25) is 0 Å². The average molecular weight is 481 g/mol. The summed E-state index contributed by atoms with van der Waals surface area (Å²) in [6.07, 6.45) is -1.29. The van der Waals surface area contributed by atoms with E-state index < -0.39 is 76.6 Å². The predicted molar refractivity (Wildman–Crippen MR) is 115 cm³/mol. The van der Waals surface area contributed by atoms with Crippen LogP contribution in [0, 0.1) is 11.3 Å². The summed E-state index contributed by atoms with van der Waals surface area (Å²) in [7, 11) is 0. The van der Waals surface area contributed by atoms with Gasteiger partial charge < -0.3 is 34.3 Å². The number of fused-ring (bicyclic) bond motifs is 1. The smallest absolute Gasteiger partial charge is 0.342 e. The van der Waals surface area contributed by atoms with Gasteiger partial charge in [-0.2, -0.15) is 0 Å². The molecule has 10 nitrogen and oxygen atoms in total. The molecule has 2 aliphatic heterocycles. The zero-order chi connectivity index (χ0) is 25.4. The van der Waals surface area contributed by atoms with Gasteiger partial charge in [0.25, 0.3) is 0 Å². The third-order valence-corrected chi connectivity index (χ3v) is 8.06. The molecule has 2 heterocycles. The molecule has 0 saturated carbocycles. The van der Waals surface area contributed by atoms with Crippen LogP contribution in [0.2, 0.25) is 0 Å². The summed E-state index contributed by atoms with van der Waals surface area (Å²) in [4.78, 5) is 37.2. The predicted octanol–water partition coefficient (Wildman–Crippen LogP) is 0.318. The third-order valence-electron chi connectivity index (χ3n) is 8.06. The minimum absolute atomic E-state index is 0.0516. The zero-order valence-corrected chi connectivity index (χ0v) is 20.1. The van der Waals surface area contributed by atoms with E-state index in [0.29, 0.717) is 5.57 Å². The molecule has 4 aliphatic rings. The number of aliphatic hydroxyl groups is 3. The van der Waals surface area contributed by atoms with Crippen molar-refractivity contribution in [3.05, 3.63) is 23.8 Å². The minimum Gasteiger partial charge on any atom is -0.462 e. The van der Waals surface area contributed by atoms with Crippen molar-refractivity contribution in [1.29, 1.82) is 0 Å². The van der Waals surface area contributed by atoms with Gasteiger partial charge in [-0.1, -0.05) is 19.1 Å². The number of hydrogen-bond acceptors (Lipinski definition) is 10. The second kappa shape index (κ2) is 7.61. The lowest BCUT2D eigenvalue weighted by Crippen LogP contribution is -2.66. The molecule has 188 valence electrons. The summed E-state index contributed by atoms with van der Waals surface area (Å²) in [6.45, 7) is 8.66. The lowest BCUT2D eigenvalue weighted by molar-refractivity contribution is -0.214. The Kier molecular flexibility index (Phi) is 5.56. The van der Waals surface area contributed by atoms with Crippen molar-refractivity contribution >= 4 is 17.9 Å². The lowest BCUT2D eigenvalue weighted by atomic mass is 9.55. The first-order chi connectivity index (χ1) is 15.6. The summed E-state index contributed by atoms with van der Waals surface area (Å²) in [5, 5.41) is 33.4. The fourth-order valence-corrected chi connectivity index (χ4v) is 6.11. The molecule has 0 radical (unpaired) electrons. The monoisotopic (exact) mass is 480 g/mol. The Morgan fingerprint density at radius 1 is 1.12 bits per heavy atom. The second-order valence-electron chi connectivity index (χ2n) is 10.4. The van der Waals surface area contributed by atoms with Gasteiger partial charge in [-0.3, -0.25) is 9.59 Å². The Morgan fingerprint density at radius 3 is 2.29 bits per heavy atom. The van der Waals surface area contributed by atoms with Crippen LogP contribution in [0.4, 0.5) is 0 Å². The van der Waals surface area contributed by atoms with Crippen molar-refractivity contribution in [1.82, 2.24) is 0 Å². The second-order valence-corrected chi connectivity index (χ2v) is 10.4. The van der Waals surface area contributed by atoms with Gasteiger partial charge in [-0.15, -0.1) is 0 Å². The molecule has 0 amide bonds. The highest BCUT2D eigenvalue weighted by Crippen LogP contribution is 2.65. The number of aliphatic hydroxyl groups excluding tert-OH is 2. The summed E-state index contributed by atoms with van der Waals surface area (Å²) < 4.78 is 23.0. The van der Waals surface area contributed by atoms with Gasteiger partial charge in [0.1, 0.15) is 18.3 Å². The molecule has 4 rings (SSSR count). The number of rotatable bonds is 2. The van der Waals surface area contributed by atoms with Crippen LogP contribution in [-0.2, 0) is 33.3 Å². The number of carbonyl (C=O) groups excluding carboxylic acids is 3. The molecule has 0 bridgehead atoms. The minimum atomic E-state index is -1.91. The summed E-state index contributed by atoms with van der Waals surface area (Å²) in [5.74, 6) is -3.11. The highest BCUT2D eigenvalue weighted by molar-refractivity contribution is 5.89. The number of epoxide rings is 1. The van der Waals surface area contributed by atoms with Crippen LogP contribution in [-0.4, -0.2) is 80.6 Å². The lowest BCUT2D eigenvalue weighted by Gasteiger charge is -2.54. The molecule has 10 heteroatoms. The molecule has 0 aromatic heterocycles.